The molecule has 0 aliphatic carbocycles. The Morgan fingerprint density at radius 2 is 1.94 bits per heavy atom. The van der Waals surface area contributed by atoms with Gasteiger partial charge in [-0.3, -0.25) is 9.59 Å². The minimum Gasteiger partial charge on any atom is -0.352 e. The lowest BCUT2D eigenvalue weighted by Crippen LogP contribution is -3.19. The van der Waals surface area contributed by atoms with Crippen LogP contribution >= 0.6 is 11.8 Å². The molecular weight excluding hydrogens is 442 g/mol. The van der Waals surface area contributed by atoms with Crippen LogP contribution in [0.4, 0.5) is 5.69 Å². The van der Waals surface area contributed by atoms with Gasteiger partial charge in [0.1, 0.15) is 0 Å². The van der Waals surface area contributed by atoms with Gasteiger partial charge in [0.15, 0.2) is 0 Å². The first kappa shape index (κ1) is 24.6. The van der Waals surface area contributed by atoms with Gasteiger partial charge in [-0.15, -0.1) is 0 Å². The second-order valence-corrected chi connectivity index (χ2v) is 10.8. The van der Waals surface area contributed by atoms with Gasteiger partial charge in [-0.25, -0.2) is 0 Å². The van der Waals surface area contributed by atoms with E-state index in [0.717, 1.165) is 34.7 Å². The quantitative estimate of drug-likeness (QED) is 0.486. The molecule has 34 heavy (non-hydrogen) atoms. The number of likely N-dealkylation sites (N-methyl/N-ethyl adjacent to an activating group) is 1. The molecule has 2 aromatic carbocycles. The van der Waals surface area contributed by atoms with Gasteiger partial charge in [-0.2, -0.15) is 0 Å². The Morgan fingerprint density at radius 1 is 1.18 bits per heavy atom. The topological polar surface area (TPSA) is 53.9 Å². The first-order valence-corrected chi connectivity index (χ1v) is 13.2. The van der Waals surface area contributed by atoms with Crippen LogP contribution in [0.15, 0.2) is 52.3 Å². The number of rotatable bonds is 6. The Bertz CT molecular complexity index is 1090. The molecule has 0 aromatic heterocycles. The number of amides is 2. The van der Waals surface area contributed by atoms with E-state index in [1.807, 2.05) is 49.4 Å². The number of nitrogens with zero attached hydrogens (tertiary/aromatic N) is 1. The zero-order chi connectivity index (χ0) is 24.2. The minimum absolute atomic E-state index is 0.0516. The number of fused-ring (bicyclic) bond motifs is 1. The standard InChI is InChI=1S/C28H35N3O2S/c1-19-8-5-11-22(16-19)17-26-28(33)30(4)24-18-23(12-13-25(24)34-26)27(32)29-14-7-15-31-20(2)9-6-10-21(31)3/h5,8,11-13,16-18,20-21H,6-7,9-10,14-15H2,1-4H3,(H,29,32)/p+1. The predicted molar refractivity (Wildman–Crippen MR) is 140 cm³/mol. The van der Waals surface area contributed by atoms with Crippen molar-refractivity contribution in [2.24, 2.45) is 0 Å². The van der Waals surface area contributed by atoms with Gasteiger partial charge in [0.25, 0.3) is 11.8 Å². The second-order valence-electron chi connectivity index (χ2n) is 9.74. The van der Waals surface area contributed by atoms with Crippen LogP contribution in [0, 0.1) is 6.92 Å². The molecule has 1 fully saturated rings. The molecular formula is C28H36N3O2S+. The Balaban J connectivity index is 1.38. The van der Waals surface area contributed by atoms with Crippen molar-refractivity contribution in [3.8, 4) is 0 Å². The van der Waals surface area contributed by atoms with E-state index < -0.39 is 0 Å². The van der Waals surface area contributed by atoms with Gasteiger partial charge >= 0.3 is 0 Å². The van der Waals surface area contributed by atoms with Crippen molar-refractivity contribution in [3.05, 3.63) is 64.1 Å². The minimum atomic E-state index is -0.0792. The van der Waals surface area contributed by atoms with Crippen LogP contribution in [0.5, 0.6) is 0 Å². The smallest absolute Gasteiger partial charge is 0.264 e. The number of benzene rings is 2. The van der Waals surface area contributed by atoms with Gasteiger partial charge in [-0.1, -0.05) is 41.6 Å². The number of hydrogen-bond donors (Lipinski definition) is 2. The maximum absolute atomic E-state index is 13.0. The van der Waals surface area contributed by atoms with E-state index in [0.29, 0.717) is 29.1 Å². The predicted octanol–water partition coefficient (Wildman–Crippen LogP) is 4.07. The number of likely N-dealkylation sites (tertiary alicyclic amines) is 1. The lowest BCUT2D eigenvalue weighted by atomic mass is 9.97. The fourth-order valence-corrected chi connectivity index (χ4v) is 6.22. The zero-order valence-corrected chi connectivity index (χ0v) is 21.5. The molecule has 2 atom stereocenters. The summed E-state index contributed by atoms with van der Waals surface area (Å²) in [6.07, 6.45) is 6.84. The van der Waals surface area contributed by atoms with E-state index in [4.69, 9.17) is 0 Å². The third kappa shape index (κ3) is 5.56. The van der Waals surface area contributed by atoms with Crippen molar-refractivity contribution in [1.29, 1.82) is 0 Å². The molecule has 2 aliphatic rings. The molecule has 2 heterocycles. The molecule has 0 spiro atoms. The molecule has 0 radical (unpaired) electrons. The second kappa shape index (κ2) is 10.8. The van der Waals surface area contributed by atoms with E-state index in [2.05, 4.69) is 25.2 Å². The number of hydrogen-bond acceptors (Lipinski definition) is 3. The average Bonchev–Trinajstić information content (AvgIpc) is 2.81. The van der Waals surface area contributed by atoms with E-state index in [-0.39, 0.29) is 11.8 Å². The largest absolute Gasteiger partial charge is 0.352 e. The van der Waals surface area contributed by atoms with Crippen LogP contribution in [-0.4, -0.2) is 44.0 Å². The normalized spacial score (nSPS) is 23.6. The highest BCUT2D eigenvalue weighted by atomic mass is 32.2. The maximum atomic E-state index is 13.0. The van der Waals surface area contributed by atoms with Crippen LogP contribution in [-0.2, 0) is 4.79 Å². The fourth-order valence-electron chi connectivity index (χ4n) is 5.12. The van der Waals surface area contributed by atoms with Crippen molar-refractivity contribution in [2.75, 3.05) is 25.0 Å². The molecule has 2 aliphatic heterocycles. The van der Waals surface area contributed by atoms with Gasteiger partial charge in [0, 0.05) is 30.5 Å². The monoisotopic (exact) mass is 478 g/mol. The number of carbonyl (C=O) groups excluding carboxylic acids is 2. The Morgan fingerprint density at radius 3 is 2.68 bits per heavy atom. The van der Waals surface area contributed by atoms with Gasteiger partial charge < -0.3 is 15.1 Å². The first-order valence-electron chi connectivity index (χ1n) is 12.4. The highest BCUT2D eigenvalue weighted by Gasteiger charge is 2.29. The molecule has 2 aromatic rings. The summed E-state index contributed by atoms with van der Waals surface area (Å²) in [5.41, 5.74) is 3.55. The van der Waals surface area contributed by atoms with Crippen LogP contribution in [0.2, 0.25) is 0 Å². The van der Waals surface area contributed by atoms with Gasteiger partial charge in [-0.05, 0) is 69.9 Å². The molecule has 2 unspecified atom stereocenters. The summed E-state index contributed by atoms with van der Waals surface area (Å²) in [4.78, 5) is 30.8. The molecule has 2 amide bonds. The number of thioether (sulfide) groups is 1. The van der Waals surface area contributed by atoms with E-state index >= 15 is 0 Å². The van der Waals surface area contributed by atoms with Crippen molar-refractivity contribution >= 4 is 35.3 Å². The fraction of sp³-hybridized carbons (Fsp3) is 0.429. The molecule has 2 N–H and O–H groups in total. The van der Waals surface area contributed by atoms with Crippen molar-refractivity contribution in [3.63, 3.8) is 0 Å². The summed E-state index contributed by atoms with van der Waals surface area (Å²) in [5.74, 6) is -0.131. The number of quaternary nitrogens is 1. The zero-order valence-electron chi connectivity index (χ0n) is 20.7. The molecule has 180 valence electrons. The van der Waals surface area contributed by atoms with Crippen LogP contribution in [0.25, 0.3) is 6.08 Å². The Labute approximate surface area is 207 Å². The van der Waals surface area contributed by atoms with Crippen molar-refractivity contribution in [2.45, 2.75) is 63.4 Å². The van der Waals surface area contributed by atoms with Crippen LogP contribution in [0.1, 0.15) is 61.0 Å². The maximum Gasteiger partial charge on any atom is 0.264 e. The lowest BCUT2D eigenvalue weighted by molar-refractivity contribution is -0.951. The van der Waals surface area contributed by atoms with Gasteiger partial charge in [0.05, 0.1) is 29.2 Å². The number of piperidine rings is 1. The third-order valence-corrected chi connectivity index (χ3v) is 8.20. The Kier molecular flexibility index (Phi) is 7.79. The first-order chi connectivity index (χ1) is 16.3. The molecule has 5 nitrogen and oxygen atoms in total. The number of anilines is 1. The summed E-state index contributed by atoms with van der Waals surface area (Å²) in [6.45, 7) is 8.49. The van der Waals surface area contributed by atoms with E-state index in [1.165, 1.54) is 31.0 Å². The van der Waals surface area contributed by atoms with Crippen molar-refractivity contribution < 1.29 is 14.5 Å². The van der Waals surface area contributed by atoms with E-state index in [1.54, 1.807) is 16.8 Å². The number of carbonyl (C=O) groups is 2. The summed E-state index contributed by atoms with van der Waals surface area (Å²) in [6, 6.07) is 15.2. The number of nitrogens with one attached hydrogen (secondary N) is 2. The lowest BCUT2D eigenvalue weighted by Gasteiger charge is -2.35. The highest BCUT2D eigenvalue weighted by Crippen LogP contribution is 2.42. The van der Waals surface area contributed by atoms with Crippen LogP contribution < -0.4 is 15.1 Å². The summed E-state index contributed by atoms with van der Waals surface area (Å²) in [7, 11) is 1.77. The molecule has 0 saturated carbocycles. The summed E-state index contributed by atoms with van der Waals surface area (Å²) < 4.78 is 0. The van der Waals surface area contributed by atoms with E-state index in [9.17, 15) is 9.59 Å². The SMILES string of the molecule is Cc1cccc(C=C2Sc3ccc(C(=O)NCCC[NH+]4C(C)CCCC4C)cc3N(C)C2=O)c1. The van der Waals surface area contributed by atoms with Crippen molar-refractivity contribution in [1.82, 2.24) is 5.32 Å². The number of aryl methyl sites for hydroxylation is 1. The third-order valence-electron chi connectivity index (χ3n) is 7.13. The highest BCUT2D eigenvalue weighted by molar-refractivity contribution is 8.04. The average molecular weight is 479 g/mol. The van der Waals surface area contributed by atoms with Gasteiger partial charge in [0.2, 0.25) is 0 Å². The molecule has 4 rings (SSSR count). The molecule has 6 heteroatoms. The Hall–Kier alpha value is -2.57. The molecule has 0 bridgehead atoms. The van der Waals surface area contributed by atoms with Crippen LogP contribution in [0.3, 0.4) is 0 Å². The summed E-state index contributed by atoms with van der Waals surface area (Å²) >= 11 is 1.46. The summed E-state index contributed by atoms with van der Waals surface area (Å²) in [5, 5.41) is 3.07. The molecule has 1 saturated heterocycles.